The second-order valence-corrected chi connectivity index (χ2v) is 12.9. The highest BCUT2D eigenvalue weighted by molar-refractivity contribution is 7.92. The number of likely N-dealkylation sites (N-methyl/N-ethyl adjacent to an activating group) is 1. The van der Waals surface area contributed by atoms with Crippen molar-refractivity contribution in [1.29, 1.82) is 0 Å². The van der Waals surface area contributed by atoms with Crippen LogP contribution in [0.15, 0.2) is 102 Å². The first kappa shape index (κ1) is 34.3. The summed E-state index contributed by atoms with van der Waals surface area (Å²) in [5, 5.41) is 3.38. The fourth-order valence-electron chi connectivity index (χ4n) is 4.98. The van der Waals surface area contributed by atoms with E-state index in [1.54, 1.807) is 55.5 Å². The maximum absolute atomic E-state index is 14.5. The Labute approximate surface area is 275 Å². The number of nitrogens with one attached hydrogen (secondary N) is 1. The Balaban J connectivity index is 1.81. The second kappa shape index (κ2) is 15.6. The topological polar surface area (TPSA) is 105 Å². The van der Waals surface area contributed by atoms with Gasteiger partial charge in [0.2, 0.25) is 11.8 Å². The van der Waals surface area contributed by atoms with E-state index in [1.807, 2.05) is 37.3 Å². The Morgan fingerprint density at radius 3 is 2.11 bits per heavy atom. The average molecular weight is 664 g/mol. The lowest BCUT2D eigenvalue weighted by molar-refractivity contribution is -0.140. The predicted octanol–water partition coefficient (Wildman–Crippen LogP) is 5.64. The van der Waals surface area contributed by atoms with Gasteiger partial charge < -0.3 is 19.7 Å². The van der Waals surface area contributed by atoms with E-state index in [0.29, 0.717) is 17.3 Å². The van der Waals surface area contributed by atoms with Crippen LogP contribution < -0.4 is 19.1 Å². The van der Waals surface area contributed by atoms with Crippen LogP contribution in [0.3, 0.4) is 0 Å². The van der Waals surface area contributed by atoms with E-state index >= 15 is 0 Å². The van der Waals surface area contributed by atoms with E-state index in [2.05, 4.69) is 5.32 Å². The van der Waals surface area contributed by atoms with Crippen LogP contribution in [0.1, 0.15) is 23.6 Å². The van der Waals surface area contributed by atoms with Crippen molar-refractivity contribution in [2.45, 2.75) is 37.8 Å². The van der Waals surface area contributed by atoms with Crippen LogP contribution in [0.25, 0.3) is 0 Å². The summed E-state index contributed by atoms with van der Waals surface area (Å²) in [5.74, 6) is -0.327. The second-order valence-electron chi connectivity index (χ2n) is 10.6. The summed E-state index contributed by atoms with van der Waals surface area (Å²) in [6, 6.07) is 26.5. The molecule has 0 unspecified atom stereocenters. The van der Waals surface area contributed by atoms with E-state index in [4.69, 9.17) is 21.1 Å². The molecule has 46 heavy (non-hydrogen) atoms. The highest BCUT2D eigenvalue weighted by Crippen LogP contribution is 2.32. The van der Waals surface area contributed by atoms with E-state index in [1.165, 1.54) is 37.3 Å². The lowest BCUT2D eigenvalue weighted by atomic mass is 10.0. The number of carbonyl (C=O) groups excluding carboxylic acids is 2. The summed E-state index contributed by atoms with van der Waals surface area (Å²) in [5.41, 5.74) is 2.78. The van der Waals surface area contributed by atoms with Crippen molar-refractivity contribution >= 4 is 39.1 Å². The Kier molecular flexibility index (Phi) is 11.7. The number of sulfonamides is 1. The molecular formula is C35H38ClN3O6S. The van der Waals surface area contributed by atoms with Gasteiger partial charge in [-0.1, -0.05) is 71.8 Å². The monoisotopic (exact) mass is 663 g/mol. The normalized spacial score (nSPS) is 11.8. The summed E-state index contributed by atoms with van der Waals surface area (Å²) < 4.78 is 40.3. The zero-order chi connectivity index (χ0) is 33.3. The molecule has 0 heterocycles. The van der Waals surface area contributed by atoms with E-state index in [0.717, 1.165) is 21.0 Å². The van der Waals surface area contributed by atoms with Gasteiger partial charge in [-0.05, 0) is 61.4 Å². The van der Waals surface area contributed by atoms with Crippen LogP contribution >= 0.6 is 11.6 Å². The highest BCUT2D eigenvalue weighted by Gasteiger charge is 2.35. The molecule has 0 spiro atoms. The van der Waals surface area contributed by atoms with Gasteiger partial charge >= 0.3 is 0 Å². The number of anilines is 1. The van der Waals surface area contributed by atoms with E-state index in [-0.39, 0.29) is 35.2 Å². The number of halogens is 1. The fraction of sp³-hybridized carbons (Fsp3) is 0.257. The third kappa shape index (κ3) is 8.38. The molecule has 0 radical (unpaired) electrons. The molecule has 4 rings (SSSR count). The number of hydrogen-bond acceptors (Lipinski definition) is 6. The SMILES string of the molecule is CCNC(=O)[C@@H](Cc1ccccc1)N(Cc1ccc(Cl)cc1)C(=O)CN(c1ccc(C)cc1)S(=O)(=O)c1ccc(OC)c(OC)c1. The molecule has 0 aliphatic carbocycles. The number of methoxy groups -OCH3 is 2. The number of benzene rings is 4. The summed E-state index contributed by atoms with van der Waals surface area (Å²) >= 11 is 6.13. The first-order chi connectivity index (χ1) is 22.1. The number of aryl methyl sites for hydroxylation is 1. The fourth-order valence-corrected chi connectivity index (χ4v) is 6.53. The molecule has 0 saturated heterocycles. The third-order valence-corrected chi connectivity index (χ3v) is 9.45. The zero-order valence-electron chi connectivity index (χ0n) is 26.3. The third-order valence-electron chi connectivity index (χ3n) is 7.43. The molecule has 4 aromatic rings. The van der Waals surface area contributed by atoms with Gasteiger partial charge in [-0.3, -0.25) is 13.9 Å². The summed E-state index contributed by atoms with van der Waals surface area (Å²) in [7, 11) is -1.44. The van der Waals surface area contributed by atoms with Crippen molar-refractivity contribution in [1.82, 2.24) is 10.2 Å². The van der Waals surface area contributed by atoms with Crippen LogP contribution in [0.2, 0.25) is 5.02 Å². The van der Waals surface area contributed by atoms with E-state index in [9.17, 15) is 18.0 Å². The van der Waals surface area contributed by atoms with E-state index < -0.39 is 28.5 Å². The smallest absolute Gasteiger partial charge is 0.264 e. The molecule has 0 aliphatic heterocycles. The van der Waals surface area contributed by atoms with Crippen molar-refractivity contribution < 1.29 is 27.5 Å². The van der Waals surface area contributed by atoms with Crippen molar-refractivity contribution in [2.24, 2.45) is 0 Å². The van der Waals surface area contributed by atoms with Crippen molar-refractivity contribution in [2.75, 3.05) is 31.6 Å². The molecule has 0 aliphatic rings. The summed E-state index contributed by atoms with van der Waals surface area (Å²) in [6.45, 7) is 3.52. The average Bonchev–Trinajstić information content (AvgIpc) is 3.06. The molecular weight excluding hydrogens is 626 g/mol. The molecule has 4 aromatic carbocycles. The number of nitrogens with zero attached hydrogens (tertiary/aromatic N) is 2. The van der Waals surface area contributed by atoms with Gasteiger partial charge in [0.05, 0.1) is 24.8 Å². The number of rotatable bonds is 14. The highest BCUT2D eigenvalue weighted by atomic mass is 35.5. The quantitative estimate of drug-likeness (QED) is 0.187. The zero-order valence-corrected chi connectivity index (χ0v) is 27.8. The Bertz CT molecular complexity index is 1730. The Hall–Kier alpha value is -4.54. The minimum atomic E-state index is -4.31. The first-order valence-electron chi connectivity index (χ1n) is 14.7. The number of ether oxygens (including phenoxy) is 2. The van der Waals surface area contributed by atoms with Crippen molar-refractivity contribution in [3.05, 3.63) is 119 Å². The van der Waals surface area contributed by atoms with Gasteiger partial charge in [-0.15, -0.1) is 0 Å². The molecule has 11 heteroatoms. The molecule has 0 aromatic heterocycles. The van der Waals surface area contributed by atoms with Gasteiger partial charge in [0, 0.05) is 30.6 Å². The maximum atomic E-state index is 14.5. The lowest BCUT2D eigenvalue weighted by Crippen LogP contribution is -2.53. The first-order valence-corrected chi connectivity index (χ1v) is 16.6. The van der Waals surface area contributed by atoms with Crippen molar-refractivity contribution in [3.63, 3.8) is 0 Å². The number of hydrogen-bond donors (Lipinski definition) is 1. The molecule has 1 N–H and O–H groups in total. The Morgan fingerprint density at radius 1 is 0.848 bits per heavy atom. The maximum Gasteiger partial charge on any atom is 0.264 e. The van der Waals surface area contributed by atoms with Crippen molar-refractivity contribution in [3.8, 4) is 11.5 Å². The summed E-state index contributed by atoms with van der Waals surface area (Å²) in [4.78, 5) is 29.4. The number of carbonyl (C=O) groups is 2. The van der Waals surface area contributed by atoms with Crippen LogP contribution in [-0.2, 0) is 32.6 Å². The number of amides is 2. The summed E-state index contributed by atoms with van der Waals surface area (Å²) in [6.07, 6.45) is 0.221. The van der Waals surface area contributed by atoms with Crippen LogP contribution in [0, 0.1) is 6.92 Å². The standard InChI is InChI=1S/C35H38ClN3O6S/c1-5-37-35(41)31(21-26-9-7-6-8-10-26)38(23-27-13-15-28(36)16-14-27)34(40)24-39(29-17-11-25(2)12-18-29)46(42,43)30-19-20-32(44-3)33(22-30)45-4/h6-20,22,31H,5,21,23-24H2,1-4H3,(H,37,41)/t31-/m1/s1. The molecule has 9 nitrogen and oxygen atoms in total. The molecule has 242 valence electrons. The molecule has 0 saturated carbocycles. The van der Waals surface area contributed by atoms with Gasteiger partial charge in [0.25, 0.3) is 10.0 Å². The largest absolute Gasteiger partial charge is 0.493 e. The molecule has 1 atom stereocenters. The predicted molar refractivity (Wildman–Crippen MR) is 180 cm³/mol. The van der Waals surface area contributed by atoms with Crippen LogP contribution in [0.5, 0.6) is 11.5 Å². The molecule has 2 amide bonds. The minimum absolute atomic E-state index is 0.0444. The van der Waals surface area contributed by atoms with Crippen LogP contribution in [-0.4, -0.2) is 58.5 Å². The Morgan fingerprint density at radius 2 is 1.50 bits per heavy atom. The van der Waals surface area contributed by atoms with Gasteiger partial charge in [-0.2, -0.15) is 0 Å². The molecule has 0 fully saturated rings. The molecule has 0 bridgehead atoms. The lowest BCUT2D eigenvalue weighted by Gasteiger charge is -2.34. The van der Waals surface area contributed by atoms with Gasteiger partial charge in [0.1, 0.15) is 12.6 Å². The van der Waals surface area contributed by atoms with Crippen LogP contribution in [0.4, 0.5) is 5.69 Å². The minimum Gasteiger partial charge on any atom is -0.493 e. The van der Waals surface area contributed by atoms with Gasteiger partial charge in [-0.25, -0.2) is 8.42 Å². The van der Waals surface area contributed by atoms with Gasteiger partial charge in [0.15, 0.2) is 11.5 Å².